The largest absolute Gasteiger partial charge is 0.378 e. The number of hydrogen-bond acceptors (Lipinski definition) is 4. The van der Waals surface area contributed by atoms with E-state index in [1.165, 1.54) is 12.1 Å². The number of halogens is 1. The Morgan fingerprint density at radius 1 is 1.10 bits per heavy atom. The molecule has 7 nitrogen and oxygen atoms in total. The smallest absolute Gasteiger partial charge is 0.317 e. The normalized spacial score (nSPS) is 24.3. The van der Waals surface area contributed by atoms with Gasteiger partial charge in [0.25, 0.3) is 0 Å². The maximum atomic E-state index is 13.0. The second-order valence-corrected chi connectivity index (χ2v) is 8.84. The van der Waals surface area contributed by atoms with Crippen molar-refractivity contribution < 1.29 is 18.7 Å². The quantitative estimate of drug-likeness (QED) is 0.811. The van der Waals surface area contributed by atoms with Crippen LogP contribution in [0.15, 0.2) is 24.3 Å². The molecular formula is C22H31FN4O3. The Bertz CT molecular complexity index is 758. The van der Waals surface area contributed by atoms with Crippen LogP contribution in [0, 0.1) is 11.2 Å². The Labute approximate surface area is 177 Å². The van der Waals surface area contributed by atoms with Crippen LogP contribution in [0.1, 0.15) is 24.8 Å². The number of likely N-dealkylation sites (tertiary alicyclic amines) is 2. The van der Waals surface area contributed by atoms with Gasteiger partial charge in [-0.1, -0.05) is 12.1 Å². The van der Waals surface area contributed by atoms with Crippen molar-refractivity contribution in [2.75, 3.05) is 53.0 Å². The fourth-order valence-electron chi connectivity index (χ4n) is 4.98. The first-order valence-electron chi connectivity index (χ1n) is 10.8. The molecule has 3 saturated heterocycles. The van der Waals surface area contributed by atoms with Crippen molar-refractivity contribution in [1.29, 1.82) is 0 Å². The second kappa shape index (κ2) is 8.89. The van der Waals surface area contributed by atoms with Crippen LogP contribution >= 0.6 is 0 Å². The SMILES string of the molecule is CN1CC2(CCN(C(=O)NCc3ccc(F)cc3)CC2)CC1C(=O)N1CCOCC1. The van der Waals surface area contributed by atoms with E-state index in [4.69, 9.17) is 4.74 Å². The van der Waals surface area contributed by atoms with E-state index in [9.17, 15) is 14.0 Å². The summed E-state index contributed by atoms with van der Waals surface area (Å²) >= 11 is 0. The third kappa shape index (κ3) is 4.59. The van der Waals surface area contributed by atoms with Gasteiger partial charge in [0.15, 0.2) is 0 Å². The van der Waals surface area contributed by atoms with Crippen molar-refractivity contribution in [3.8, 4) is 0 Å². The Hall–Kier alpha value is -2.19. The van der Waals surface area contributed by atoms with Crippen LogP contribution < -0.4 is 5.32 Å². The molecule has 1 aromatic carbocycles. The number of carbonyl (C=O) groups excluding carboxylic acids is 2. The van der Waals surface area contributed by atoms with Gasteiger partial charge in [-0.2, -0.15) is 0 Å². The molecule has 3 fully saturated rings. The van der Waals surface area contributed by atoms with Crippen molar-refractivity contribution in [2.45, 2.75) is 31.8 Å². The van der Waals surface area contributed by atoms with Gasteiger partial charge in [-0.3, -0.25) is 9.69 Å². The maximum absolute atomic E-state index is 13.0. The molecule has 1 spiro atoms. The number of morpholine rings is 1. The van der Waals surface area contributed by atoms with Crippen molar-refractivity contribution >= 4 is 11.9 Å². The minimum Gasteiger partial charge on any atom is -0.378 e. The lowest BCUT2D eigenvalue weighted by atomic mass is 9.76. The number of likely N-dealkylation sites (N-methyl/N-ethyl adjacent to an activating group) is 1. The number of nitrogens with one attached hydrogen (secondary N) is 1. The number of urea groups is 1. The highest BCUT2D eigenvalue weighted by atomic mass is 19.1. The van der Waals surface area contributed by atoms with Gasteiger partial charge in [0.05, 0.1) is 19.3 Å². The molecule has 3 heterocycles. The van der Waals surface area contributed by atoms with Crippen molar-refractivity contribution in [2.24, 2.45) is 5.41 Å². The van der Waals surface area contributed by atoms with E-state index in [-0.39, 0.29) is 29.2 Å². The topological polar surface area (TPSA) is 65.1 Å². The zero-order valence-electron chi connectivity index (χ0n) is 17.6. The van der Waals surface area contributed by atoms with Gasteiger partial charge in [-0.05, 0) is 49.4 Å². The van der Waals surface area contributed by atoms with Crippen LogP contribution in [0.4, 0.5) is 9.18 Å². The van der Waals surface area contributed by atoms with Gasteiger partial charge in [-0.25, -0.2) is 9.18 Å². The highest BCUT2D eigenvalue weighted by Crippen LogP contribution is 2.43. The summed E-state index contributed by atoms with van der Waals surface area (Å²) in [6.45, 7) is 5.28. The summed E-state index contributed by atoms with van der Waals surface area (Å²) in [7, 11) is 2.04. The molecule has 0 bridgehead atoms. The molecule has 1 N–H and O–H groups in total. The molecule has 1 atom stereocenters. The van der Waals surface area contributed by atoms with E-state index in [0.29, 0.717) is 45.9 Å². The first-order chi connectivity index (χ1) is 14.5. The molecule has 0 radical (unpaired) electrons. The number of carbonyl (C=O) groups is 2. The van der Waals surface area contributed by atoms with E-state index in [1.807, 2.05) is 16.8 Å². The monoisotopic (exact) mass is 418 g/mol. The number of rotatable bonds is 3. The molecule has 0 aliphatic carbocycles. The van der Waals surface area contributed by atoms with E-state index in [2.05, 4.69) is 10.2 Å². The highest BCUT2D eigenvalue weighted by Gasteiger charge is 2.48. The summed E-state index contributed by atoms with van der Waals surface area (Å²) in [6, 6.07) is 6.01. The van der Waals surface area contributed by atoms with Gasteiger partial charge in [-0.15, -0.1) is 0 Å². The van der Waals surface area contributed by atoms with E-state index in [1.54, 1.807) is 12.1 Å². The van der Waals surface area contributed by atoms with Gasteiger partial charge >= 0.3 is 6.03 Å². The number of ether oxygens (including phenoxy) is 1. The van der Waals surface area contributed by atoms with Crippen LogP contribution in [0.3, 0.4) is 0 Å². The van der Waals surface area contributed by atoms with Crippen molar-refractivity contribution in [1.82, 2.24) is 20.0 Å². The van der Waals surface area contributed by atoms with E-state index >= 15 is 0 Å². The number of nitrogens with zero attached hydrogens (tertiary/aromatic N) is 3. The lowest BCUT2D eigenvalue weighted by Crippen LogP contribution is -2.49. The number of piperidine rings is 1. The van der Waals surface area contributed by atoms with Gasteiger partial charge < -0.3 is 19.9 Å². The van der Waals surface area contributed by atoms with Crippen molar-refractivity contribution in [3.63, 3.8) is 0 Å². The predicted molar refractivity (Wildman–Crippen MR) is 110 cm³/mol. The fraction of sp³-hybridized carbons (Fsp3) is 0.636. The molecule has 30 heavy (non-hydrogen) atoms. The summed E-state index contributed by atoms with van der Waals surface area (Å²) in [6.07, 6.45) is 2.69. The fourth-order valence-corrected chi connectivity index (χ4v) is 4.98. The summed E-state index contributed by atoms with van der Waals surface area (Å²) in [5, 5.41) is 2.93. The highest BCUT2D eigenvalue weighted by molar-refractivity contribution is 5.82. The van der Waals surface area contributed by atoms with Crippen LogP contribution in [0.2, 0.25) is 0 Å². The standard InChI is InChI=1S/C22H31FN4O3/c1-25-16-22(14-19(25)20(28)26-10-12-30-13-11-26)6-8-27(9-7-22)21(29)24-15-17-2-4-18(23)5-3-17/h2-5,19H,6-16H2,1H3,(H,24,29). The zero-order valence-corrected chi connectivity index (χ0v) is 17.6. The molecule has 1 aromatic rings. The van der Waals surface area contributed by atoms with Crippen LogP contribution in [0.25, 0.3) is 0 Å². The molecule has 0 aromatic heterocycles. The summed E-state index contributed by atoms with van der Waals surface area (Å²) < 4.78 is 18.4. The zero-order chi connectivity index (χ0) is 21.1. The number of amides is 3. The summed E-state index contributed by atoms with van der Waals surface area (Å²) in [5.74, 6) is -0.0597. The molecule has 164 valence electrons. The van der Waals surface area contributed by atoms with Gasteiger partial charge in [0.1, 0.15) is 5.82 Å². The molecule has 1 unspecified atom stereocenters. The molecule has 3 aliphatic rings. The van der Waals surface area contributed by atoms with Gasteiger partial charge in [0, 0.05) is 39.3 Å². The molecule has 3 aliphatic heterocycles. The maximum Gasteiger partial charge on any atom is 0.317 e. The Kier molecular flexibility index (Phi) is 6.24. The average Bonchev–Trinajstić information content (AvgIpc) is 3.09. The third-order valence-corrected chi connectivity index (χ3v) is 6.82. The lowest BCUT2D eigenvalue weighted by molar-refractivity contribution is -0.139. The van der Waals surface area contributed by atoms with E-state index < -0.39 is 0 Å². The Morgan fingerprint density at radius 3 is 2.43 bits per heavy atom. The molecule has 4 rings (SSSR count). The Balaban J connectivity index is 1.27. The predicted octanol–water partition coefficient (Wildman–Crippen LogP) is 1.68. The second-order valence-electron chi connectivity index (χ2n) is 8.84. The molecular weight excluding hydrogens is 387 g/mol. The summed E-state index contributed by atoms with van der Waals surface area (Å²) in [4.78, 5) is 31.5. The minimum absolute atomic E-state index is 0.0676. The Morgan fingerprint density at radius 2 is 1.77 bits per heavy atom. The lowest BCUT2D eigenvalue weighted by Gasteiger charge is -2.39. The first-order valence-corrected chi connectivity index (χ1v) is 10.8. The van der Waals surface area contributed by atoms with Crippen LogP contribution in [-0.2, 0) is 16.1 Å². The van der Waals surface area contributed by atoms with Crippen LogP contribution in [-0.4, -0.2) is 85.7 Å². The minimum atomic E-state index is -0.279. The molecule has 3 amide bonds. The van der Waals surface area contributed by atoms with E-state index in [0.717, 1.165) is 31.4 Å². The summed E-state index contributed by atoms with van der Waals surface area (Å²) in [5.41, 5.74) is 0.981. The average molecular weight is 419 g/mol. The van der Waals surface area contributed by atoms with Crippen LogP contribution in [0.5, 0.6) is 0 Å². The van der Waals surface area contributed by atoms with Gasteiger partial charge in [0.2, 0.25) is 5.91 Å². The van der Waals surface area contributed by atoms with Crippen molar-refractivity contribution in [3.05, 3.63) is 35.6 Å². The number of hydrogen-bond donors (Lipinski definition) is 1. The third-order valence-electron chi connectivity index (χ3n) is 6.82. The molecule has 8 heteroatoms. The first kappa shape index (κ1) is 21.1. The number of benzene rings is 1. The molecule has 0 saturated carbocycles.